The van der Waals surface area contributed by atoms with Crippen LogP contribution in [-0.2, 0) is 9.84 Å². The number of nitrogens with zero attached hydrogens (tertiary/aromatic N) is 1. The second-order valence-corrected chi connectivity index (χ2v) is 8.93. The Labute approximate surface area is 144 Å². The predicted octanol–water partition coefficient (Wildman–Crippen LogP) is 3.73. The van der Waals surface area contributed by atoms with E-state index in [0.29, 0.717) is 5.69 Å². The Morgan fingerprint density at radius 2 is 1.92 bits per heavy atom. The Balaban J connectivity index is 1.96. The second-order valence-electron chi connectivity index (χ2n) is 5.62. The van der Waals surface area contributed by atoms with E-state index in [1.54, 1.807) is 38.2 Å². The van der Waals surface area contributed by atoms with Gasteiger partial charge in [-0.15, -0.1) is 0 Å². The number of nitrogens with one attached hydrogen (secondary N) is 1. The molecule has 0 atom stereocenters. The third-order valence-corrected chi connectivity index (χ3v) is 6.66. The lowest BCUT2D eigenvalue weighted by molar-refractivity contribution is 0.102. The summed E-state index contributed by atoms with van der Waals surface area (Å²) >= 11 is 1.38. The summed E-state index contributed by atoms with van der Waals surface area (Å²) in [5, 5.41) is 3.10. The van der Waals surface area contributed by atoms with Gasteiger partial charge in [-0.2, -0.15) is 4.37 Å². The first-order chi connectivity index (χ1) is 11.4. The van der Waals surface area contributed by atoms with Gasteiger partial charge in [0.25, 0.3) is 5.91 Å². The van der Waals surface area contributed by atoms with Crippen molar-refractivity contribution in [3.05, 3.63) is 54.2 Å². The molecule has 0 saturated heterocycles. The first-order valence-electron chi connectivity index (χ1n) is 7.38. The molecule has 124 valence electrons. The van der Waals surface area contributed by atoms with Gasteiger partial charge in [-0.25, -0.2) is 8.42 Å². The quantitative estimate of drug-likeness (QED) is 0.769. The molecule has 1 amide bonds. The average molecular weight is 360 g/mol. The number of amides is 1. The number of anilines is 1. The van der Waals surface area contributed by atoms with E-state index in [2.05, 4.69) is 9.69 Å². The van der Waals surface area contributed by atoms with E-state index >= 15 is 0 Å². The SMILES string of the molecule is CC(C)S(=O)(=O)c1ccccc1C(=O)Nc1ccc2sncc2c1. The van der Waals surface area contributed by atoms with Gasteiger partial charge in [-0.3, -0.25) is 4.79 Å². The predicted molar refractivity (Wildman–Crippen MR) is 96.3 cm³/mol. The number of sulfone groups is 1. The zero-order valence-electron chi connectivity index (χ0n) is 13.2. The summed E-state index contributed by atoms with van der Waals surface area (Å²) in [6, 6.07) is 11.7. The molecule has 0 aliphatic carbocycles. The van der Waals surface area contributed by atoms with Crippen LogP contribution in [0.3, 0.4) is 0 Å². The minimum Gasteiger partial charge on any atom is -0.322 e. The van der Waals surface area contributed by atoms with Gasteiger partial charge < -0.3 is 5.32 Å². The molecule has 3 aromatic rings. The van der Waals surface area contributed by atoms with Crippen LogP contribution < -0.4 is 5.32 Å². The Hall–Kier alpha value is -2.25. The molecule has 1 N–H and O–H groups in total. The molecule has 0 spiro atoms. The lowest BCUT2D eigenvalue weighted by Crippen LogP contribution is -2.20. The molecule has 1 aromatic heterocycles. The van der Waals surface area contributed by atoms with Gasteiger partial charge in [0.2, 0.25) is 0 Å². The number of carbonyl (C=O) groups excluding carboxylic acids is 1. The number of fused-ring (bicyclic) bond motifs is 1. The maximum atomic E-state index is 12.6. The first-order valence-corrected chi connectivity index (χ1v) is 9.70. The summed E-state index contributed by atoms with van der Waals surface area (Å²) in [6.07, 6.45) is 1.73. The summed E-state index contributed by atoms with van der Waals surface area (Å²) in [7, 11) is -3.54. The lowest BCUT2D eigenvalue weighted by atomic mass is 10.2. The van der Waals surface area contributed by atoms with Gasteiger partial charge in [-0.1, -0.05) is 12.1 Å². The number of carbonyl (C=O) groups is 1. The van der Waals surface area contributed by atoms with E-state index in [0.717, 1.165) is 10.1 Å². The van der Waals surface area contributed by atoms with Crippen LogP contribution in [0.5, 0.6) is 0 Å². The molecule has 2 aromatic carbocycles. The molecular formula is C17H16N2O3S2. The van der Waals surface area contributed by atoms with Crippen molar-refractivity contribution in [2.45, 2.75) is 24.0 Å². The molecule has 24 heavy (non-hydrogen) atoms. The Morgan fingerprint density at radius 3 is 2.67 bits per heavy atom. The summed E-state index contributed by atoms with van der Waals surface area (Å²) < 4.78 is 30.0. The lowest BCUT2D eigenvalue weighted by Gasteiger charge is -2.13. The topological polar surface area (TPSA) is 76.1 Å². The third kappa shape index (κ3) is 3.05. The van der Waals surface area contributed by atoms with E-state index in [4.69, 9.17) is 0 Å². The molecule has 1 heterocycles. The molecule has 0 aliphatic rings. The smallest absolute Gasteiger partial charge is 0.256 e. The number of hydrogen-bond donors (Lipinski definition) is 1. The maximum absolute atomic E-state index is 12.6. The molecule has 0 radical (unpaired) electrons. The van der Waals surface area contributed by atoms with Gasteiger partial charge in [0.15, 0.2) is 9.84 Å². The van der Waals surface area contributed by atoms with Crippen molar-refractivity contribution in [1.29, 1.82) is 0 Å². The Bertz CT molecular complexity index is 1010. The molecule has 0 fully saturated rings. The van der Waals surface area contributed by atoms with E-state index < -0.39 is 21.0 Å². The molecular weight excluding hydrogens is 344 g/mol. The fourth-order valence-electron chi connectivity index (χ4n) is 2.30. The third-order valence-electron chi connectivity index (χ3n) is 3.67. The van der Waals surface area contributed by atoms with Crippen LogP contribution in [0.15, 0.2) is 53.6 Å². The van der Waals surface area contributed by atoms with Gasteiger partial charge >= 0.3 is 0 Å². The Morgan fingerprint density at radius 1 is 1.17 bits per heavy atom. The maximum Gasteiger partial charge on any atom is 0.256 e. The highest BCUT2D eigenvalue weighted by atomic mass is 32.2. The average Bonchev–Trinajstić information content (AvgIpc) is 3.02. The van der Waals surface area contributed by atoms with Crippen LogP contribution in [-0.4, -0.2) is 23.9 Å². The number of rotatable bonds is 4. The molecule has 0 saturated carbocycles. The van der Waals surface area contributed by atoms with E-state index in [9.17, 15) is 13.2 Å². The normalized spacial score (nSPS) is 11.8. The first kappa shape index (κ1) is 16.6. The molecule has 5 nitrogen and oxygen atoms in total. The van der Waals surface area contributed by atoms with Crippen LogP contribution in [0.2, 0.25) is 0 Å². The van der Waals surface area contributed by atoms with Crippen LogP contribution >= 0.6 is 11.5 Å². The molecule has 3 rings (SSSR count). The minimum atomic E-state index is -3.54. The highest BCUT2D eigenvalue weighted by molar-refractivity contribution is 7.92. The monoisotopic (exact) mass is 360 g/mol. The van der Waals surface area contributed by atoms with Gasteiger partial charge in [-0.05, 0) is 55.7 Å². The van der Waals surface area contributed by atoms with Crippen molar-refractivity contribution in [3.8, 4) is 0 Å². The number of aromatic nitrogens is 1. The zero-order valence-corrected chi connectivity index (χ0v) is 14.8. The Kier molecular flexibility index (Phi) is 4.38. The summed E-state index contributed by atoms with van der Waals surface area (Å²) in [6.45, 7) is 3.20. The van der Waals surface area contributed by atoms with Gasteiger partial charge in [0.1, 0.15) is 0 Å². The summed E-state index contributed by atoms with van der Waals surface area (Å²) in [4.78, 5) is 12.6. The summed E-state index contributed by atoms with van der Waals surface area (Å²) in [5.41, 5.74) is 0.749. The zero-order chi connectivity index (χ0) is 17.3. The molecule has 7 heteroatoms. The highest BCUT2D eigenvalue weighted by Crippen LogP contribution is 2.24. The van der Waals surface area contributed by atoms with Gasteiger partial charge in [0.05, 0.1) is 20.4 Å². The molecule has 0 aliphatic heterocycles. The van der Waals surface area contributed by atoms with Crippen molar-refractivity contribution in [1.82, 2.24) is 4.37 Å². The van der Waals surface area contributed by atoms with Crippen molar-refractivity contribution in [2.75, 3.05) is 5.32 Å². The van der Waals surface area contributed by atoms with Crippen LogP contribution in [0.1, 0.15) is 24.2 Å². The van der Waals surface area contributed by atoms with Gasteiger partial charge in [0, 0.05) is 17.3 Å². The van der Waals surface area contributed by atoms with Crippen molar-refractivity contribution < 1.29 is 13.2 Å². The fraction of sp³-hybridized carbons (Fsp3) is 0.176. The fourth-order valence-corrected chi connectivity index (χ4v) is 4.17. The van der Waals surface area contributed by atoms with Crippen LogP contribution in [0.25, 0.3) is 10.1 Å². The van der Waals surface area contributed by atoms with Crippen LogP contribution in [0, 0.1) is 0 Å². The summed E-state index contributed by atoms with van der Waals surface area (Å²) in [5.74, 6) is -0.447. The van der Waals surface area contributed by atoms with E-state index in [-0.39, 0.29) is 10.5 Å². The number of hydrogen-bond acceptors (Lipinski definition) is 5. The van der Waals surface area contributed by atoms with E-state index in [1.165, 1.54) is 23.7 Å². The second kappa shape index (κ2) is 6.33. The molecule has 0 bridgehead atoms. The highest BCUT2D eigenvalue weighted by Gasteiger charge is 2.25. The van der Waals surface area contributed by atoms with Crippen molar-refractivity contribution >= 4 is 43.1 Å². The largest absolute Gasteiger partial charge is 0.322 e. The van der Waals surface area contributed by atoms with Crippen molar-refractivity contribution in [3.63, 3.8) is 0 Å². The number of benzene rings is 2. The minimum absolute atomic E-state index is 0.0516. The van der Waals surface area contributed by atoms with Crippen molar-refractivity contribution in [2.24, 2.45) is 0 Å². The molecule has 0 unspecified atom stereocenters. The van der Waals surface area contributed by atoms with Crippen LogP contribution in [0.4, 0.5) is 5.69 Å². The standard InChI is InChI=1S/C17H16N2O3S2/c1-11(2)24(21,22)16-6-4-3-5-14(16)17(20)19-13-7-8-15-12(9-13)10-18-23-15/h3-11H,1-2H3,(H,19,20). The van der Waals surface area contributed by atoms with E-state index in [1.807, 2.05) is 12.1 Å².